The Kier molecular flexibility index (Phi) is 15.8. The first-order valence-electron chi connectivity index (χ1n) is 32.1. The van der Waals surface area contributed by atoms with Crippen LogP contribution in [0.15, 0.2) is 243 Å². The predicted octanol–water partition coefficient (Wildman–Crippen LogP) is 24.9. The molecule has 0 saturated heterocycles. The highest BCUT2D eigenvalue weighted by Gasteiger charge is 2.37. The minimum Gasteiger partial charge on any atom is -0.310 e. The predicted molar refractivity (Wildman–Crippen MR) is 390 cm³/mol. The van der Waals surface area contributed by atoms with Crippen LogP contribution in [-0.2, 0) is 5.41 Å². The molecule has 0 saturated carbocycles. The third-order valence-electron chi connectivity index (χ3n) is 18.7. The number of para-hydroxylation sites is 4. The molecule has 0 bridgehead atoms. The maximum Gasteiger partial charge on any atom is 0.0520 e. The highest BCUT2D eigenvalue weighted by atomic mass is 15.2. The van der Waals surface area contributed by atoms with Crippen molar-refractivity contribution in [2.24, 2.45) is 0 Å². The fourth-order valence-corrected chi connectivity index (χ4v) is 15.2. The third-order valence-corrected chi connectivity index (χ3v) is 18.7. The van der Waals surface area contributed by atoms with E-state index in [9.17, 15) is 0 Å². The number of nitrogens with zero attached hydrogens (tertiary/aromatic N) is 4. The van der Waals surface area contributed by atoms with Crippen LogP contribution < -0.4 is 19.6 Å². The average molecular weight is 1180 g/mol. The van der Waals surface area contributed by atoms with Gasteiger partial charge in [-0.15, -0.1) is 0 Å². The van der Waals surface area contributed by atoms with Gasteiger partial charge >= 0.3 is 0 Å². The average Bonchev–Trinajstić information content (AvgIpc) is 1.64. The van der Waals surface area contributed by atoms with Crippen molar-refractivity contribution >= 4 is 68.2 Å². The summed E-state index contributed by atoms with van der Waals surface area (Å²) in [6.45, 7) is 31.7. The summed E-state index contributed by atoms with van der Waals surface area (Å²) >= 11 is 0. The first kappa shape index (κ1) is 59.8. The zero-order valence-corrected chi connectivity index (χ0v) is 55.4. The molecule has 0 aliphatic heterocycles. The fraction of sp³-hybridized carbons (Fsp3) is 0.172. The van der Waals surface area contributed by atoms with Crippen LogP contribution in [-0.4, -0.2) is 0 Å². The van der Waals surface area contributed by atoms with Crippen molar-refractivity contribution in [1.82, 2.24) is 0 Å². The van der Waals surface area contributed by atoms with Crippen LogP contribution in [0.5, 0.6) is 0 Å². The van der Waals surface area contributed by atoms with Crippen molar-refractivity contribution in [2.45, 2.75) is 102 Å². The SMILES string of the molecule is Cc1cc(C)c(N(c2ccccc2)c2cc(-c3ccc4c(c3)C(C)(C)c3cc(-c5cc(N(c6ccccc6)c6c(C)cc(C)cc6C)cc(N(c6ccccc6)c6c(C)cc(C)cc6C)c5)ccc3-4)cc(N(c3ccccc3)c3c(C)cc(C)cc3C)c2)c(C)c1. The third kappa shape index (κ3) is 11.2. The van der Waals surface area contributed by atoms with Gasteiger partial charge in [0.05, 0.1) is 22.7 Å². The molecule has 0 amide bonds. The van der Waals surface area contributed by atoms with E-state index in [-0.39, 0.29) is 5.41 Å². The van der Waals surface area contributed by atoms with Gasteiger partial charge in [0.15, 0.2) is 0 Å². The number of rotatable bonds is 14. The molecule has 0 aromatic heterocycles. The molecule has 0 heterocycles. The molecule has 12 aromatic rings. The lowest BCUT2D eigenvalue weighted by Gasteiger charge is -2.33. The van der Waals surface area contributed by atoms with E-state index in [0.29, 0.717) is 0 Å². The Labute approximate surface area is 541 Å². The van der Waals surface area contributed by atoms with E-state index in [2.05, 4.69) is 359 Å². The van der Waals surface area contributed by atoms with Crippen molar-refractivity contribution in [1.29, 1.82) is 0 Å². The molecule has 91 heavy (non-hydrogen) atoms. The molecule has 0 fully saturated rings. The number of fused-ring (bicyclic) bond motifs is 3. The van der Waals surface area contributed by atoms with Crippen LogP contribution in [0.1, 0.15) is 91.7 Å². The van der Waals surface area contributed by atoms with Crippen LogP contribution in [0.25, 0.3) is 33.4 Å². The van der Waals surface area contributed by atoms with Gasteiger partial charge in [0.1, 0.15) is 0 Å². The van der Waals surface area contributed by atoms with Crippen molar-refractivity contribution in [3.8, 4) is 33.4 Å². The molecule has 0 unspecified atom stereocenters. The molecule has 13 rings (SSSR count). The standard InChI is InChI=1S/C87H82N4/c1-55-39-59(5)83(60(6)40-55)88(71-27-19-15-20-28-71)75-47-69(48-76(53-75)89(72-29-21-16-22-30-72)84-61(7)41-56(2)42-62(84)8)67-35-37-79-80-38-36-68(52-82(80)87(13,14)81(79)51-67)70-49-77(90(73-31-23-17-24-32-73)85-63(9)43-57(3)44-64(85)10)54-78(50-70)91(74-33-25-18-26-34-74)86-65(11)45-58(4)46-66(86)12/h15-54H,1-14H3. The Morgan fingerprint density at radius 1 is 0.209 bits per heavy atom. The Bertz CT molecular complexity index is 4120. The second kappa shape index (κ2) is 24.0. The Balaban J connectivity index is 1.00. The van der Waals surface area contributed by atoms with Gasteiger partial charge in [0, 0.05) is 50.9 Å². The molecule has 450 valence electrons. The lowest BCUT2D eigenvalue weighted by Crippen LogP contribution is -2.17. The first-order chi connectivity index (χ1) is 43.8. The molecule has 0 atom stereocenters. The van der Waals surface area contributed by atoms with Gasteiger partial charge < -0.3 is 19.6 Å². The highest BCUT2D eigenvalue weighted by Crippen LogP contribution is 2.54. The first-order valence-corrected chi connectivity index (χ1v) is 32.1. The Hall–Kier alpha value is -10.2. The quantitative estimate of drug-likeness (QED) is 0.108. The molecule has 0 radical (unpaired) electrons. The van der Waals surface area contributed by atoms with Crippen molar-refractivity contribution in [2.75, 3.05) is 19.6 Å². The molecular formula is C87H82N4. The summed E-state index contributed by atoms with van der Waals surface area (Å²) in [6.07, 6.45) is 0. The highest BCUT2D eigenvalue weighted by molar-refractivity contribution is 5.94. The van der Waals surface area contributed by atoms with E-state index in [4.69, 9.17) is 0 Å². The normalized spacial score (nSPS) is 12.2. The number of anilines is 12. The maximum absolute atomic E-state index is 2.50. The monoisotopic (exact) mass is 1180 g/mol. The molecule has 12 aromatic carbocycles. The van der Waals surface area contributed by atoms with E-state index in [0.717, 1.165) is 56.6 Å². The zero-order valence-electron chi connectivity index (χ0n) is 55.4. The van der Waals surface area contributed by atoms with Crippen LogP contribution in [0.2, 0.25) is 0 Å². The molecule has 1 aliphatic rings. The lowest BCUT2D eigenvalue weighted by atomic mass is 9.80. The summed E-state index contributed by atoms with van der Waals surface area (Å²) < 4.78 is 0. The van der Waals surface area contributed by atoms with Crippen LogP contribution in [0.4, 0.5) is 68.2 Å². The zero-order chi connectivity index (χ0) is 63.6. The molecule has 0 spiro atoms. The Morgan fingerprint density at radius 2 is 0.429 bits per heavy atom. The molecule has 4 heteroatoms. The lowest BCUT2D eigenvalue weighted by molar-refractivity contribution is 0.661. The summed E-state index contributed by atoms with van der Waals surface area (Å²) in [5.41, 5.74) is 37.8. The van der Waals surface area contributed by atoms with E-state index < -0.39 is 0 Å². The van der Waals surface area contributed by atoms with E-state index in [1.165, 1.54) is 123 Å². The Morgan fingerprint density at radius 3 is 0.648 bits per heavy atom. The second-order valence-electron chi connectivity index (χ2n) is 26.3. The number of hydrogen-bond donors (Lipinski definition) is 0. The number of aryl methyl sites for hydroxylation is 12. The summed E-state index contributed by atoms with van der Waals surface area (Å²) in [6, 6.07) is 91.1. The van der Waals surface area contributed by atoms with Gasteiger partial charge in [-0.1, -0.05) is 182 Å². The smallest absolute Gasteiger partial charge is 0.0520 e. The second-order valence-corrected chi connectivity index (χ2v) is 26.3. The fourth-order valence-electron chi connectivity index (χ4n) is 15.2. The maximum atomic E-state index is 2.50. The van der Waals surface area contributed by atoms with Gasteiger partial charge in [0.2, 0.25) is 0 Å². The number of hydrogen-bond acceptors (Lipinski definition) is 4. The van der Waals surface area contributed by atoms with E-state index in [1.54, 1.807) is 0 Å². The minimum absolute atomic E-state index is 0.353. The van der Waals surface area contributed by atoms with Gasteiger partial charge in [-0.3, -0.25) is 0 Å². The van der Waals surface area contributed by atoms with Crippen LogP contribution in [0, 0.1) is 83.1 Å². The molecule has 4 nitrogen and oxygen atoms in total. The van der Waals surface area contributed by atoms with Crippen molar-refractivity contribution in [3.63, 3.8) is 0 Å². The van der Waals surface area contributed by atoms with E-state index >= 15 is 0 Å². The van der Waals surface area contributed by atoms with Crippen molar-refractivity contribution < 1.29 is 0 Å². The number of benzene rings is 12. The van der Waals surface area contributed by atoms with Crippen LogP contribution in [0.3, 0.4) is 0 Å². The molecule has 1 aliphatic carbocycles. The van der Waals surface area contributed by atoms with Gasteiger partial charge in [-0.05, 0) is 269 Å². The van der Waals surface area contributed by atoms with Gasteiger partial charge in [0.25, 0.3) is 0 Å². The summed E-state index contributed by atoms with van der Waals surface area (Å²) in [7, 11) is 0. The topological polar surface area (TPSA) is 13.0 Å². The minimum atomic E-state index is -0.353. The molecule has 0 N–H and O–H groups in total. The summed E-state index contributed by atoms with van der Waals surface area (Å²) in [4.78, 5) is 9.92. The molecular weight excluding hydrogens is 1100 g/mol. The van der Waals surface area contributed by atoms with Crippen molar-refractivity contribution in [3.05, 3.63) is 321 Å². The van der Waals surface area contributed by atoms with Gasteiger partial charge in [-0.2, -0.15) is 0 Å². The van der Waals surface area contributed by atoms with Crippen LogP contribution >= 0.6 is 0 Å². The largest absolute Gasteiger partial charge is 0.310 e. The summed E-state index contributed by atoms with van der Waals surface area (Å²) in [5.74, 6) is 0. The van der Waals surface area contributed by atoms with E-state index in [1.807, 2.05) is 0 Å². The van der Waals surface area contributed by atoms with Gasteiger partial charge in [-0.25, -0.2) is 0 Å². The summed E-state index contributed by atoms with van der Waals surface area (Å²) in [5, 5.41) is 0.